The standard InChI is InChI=1S/C11H17NO3/c1-2-8-3-4-10(13)9(5-8)6-12-7-11(14)15/h3-5,11-15H,2,6-7H2,1H3. The van der Waals surface area contributed by atoms with Crippen LogP contribution >= 0.6 is 0 Å². The Bertz CT molecular complexity index is 313. The summed E-state index contributed by atoms with van der Waals surface area (Å²) < 4.78 is 0. The number of benzene rings is 1. The van der Waals surface area contributed by atoms with E-state index in [0.29, 0.717) is 6.54 Å². The molecular weight excluding hydrogens is 194 g/mol. The number of nitrogens with one attached hydrogen (secondary N) is 1. The average Bonchev–Trinajstić information content (AvgIpc) is 2.20. The summed E-state index contributed by atoms with van der Waals surface area (Å²) in [6.07, 6.45) is -0.447. The highest BCUT2D eigenvalue weighted by Gasteiger charge is 2.03. The van der Waals surface area contributed by atoms with Crippen molar-refractivity contribution >= 4 is 0 Å². The van der Waals surface area contributed by atoms with Gasteiger partial charge < -0.3 is 20.6 Å². The number of hydrogen-bond donors (Lipinski definition) is 4. The third-order valence-corrected chi connectivity index (χ3v) is 2.19. The molecule has 15 heavy (non-hydrogen) atoms. The molecule has 0 fully saturated rings. The largest absolute Gasteiger partial charge is 0.508 e. The summed E-state index contributed by atoms with van der Waals surface area (Å²) in [5, 5.41) is 29.6. The molecule has 4 N–H and O–H groups in total. The predicted octanol–water partition coefficient (Wildman–Crippen LogP) is 0.355. The second kappa shape index (κ2) is 5.70. The lowest BCUT2D eigenvalue weighted by atomic mass is 10.1. The quantitative estimate of drug-likeness (QED) is 0.530. The average molecular weight is 211 g/mol. The van der Waals surface area contributed by atoms with Gasteiger partial charge >= 0.3 is 0 Å². The molecule has 0 heterocycles. The fraction of sp³-hybridized carbons (Fsp3) is 0.455. The number of phenolic OH excluding ortho intramolecular Hbond substituents is 1. The highest BCUT2D eigenvalue weighted by Crippen LogP contribution is 2.18. The predicted molar refractivity (Wildman–Crippen MR) is 57.4 cm³/mol. The SMILES string of the molecule is CCc1ccc(O)c(CNCC(O)O)c1. The molecule has 0 spiro atoms. The van der Waals surface area contributed by atoms with Crippen molar-refractivity contribution < 1.29 is 15.3 Å². The van der Waals surface area contributed by atoms with Crippen molar-refractivity contribution in [2.24, 2.45) is 0 Å². The smallest absolute Gasteiger partial charge is 0.164 e. The van der Waals surface area contributed by atoms with E-state index in [0.717, 1.165) is 17.5 Å². The summed E-state index contributed by atoms with van der Waals surface area (Å²) in [7, 11) is 0. The maximum Gasteiger partial charge on any atom is 0.164 e. The zero-order valence-corrected chi connectivity index (χ0v) is 8.77. The van der Waals surface area contributed by atoms with Gasteiger partial charge in [-0.2, -0.15) is 0 Å². The Hall–Kier alpha value is -1.10. The molecule has 1 rings (SSSR count). The third kappa shape index (κ3) is 3.87. The van der Waals surface area contributed by atoms with E-state index in [2.05, 4.69) is 5.32 Å². The van der Waals surface area contributed by atoms with E-state index in [1.165, 1.54) is 0 Å². The molecule has 0 unspecified atom stereocenters. The van der Waals surface area contributed by atoms with Gasteiger partial charge in [0.1, 0.15) is 5.75 Å². The summed E-state index contributed by atoms with van der Waals surface area (Å²) in [5.41, 5.74) is 1.92. The monoisotopic (exact) mass is 211 g/mol. The lowest BCUT2D eigenvalue weighted by Crippen LogP contribution is -2.25. The molecule has 0 saturated heterocycles. The van der Waals surface area contributed by atoms with Crippen molar-refractivity contribution in [1.82, 2.24) is 5.32 Å². The molecule has 1 aromatic rings. The molecule has 0 radical (unpaired) electrons. The van der Waals surface area contributed by atoms with Crippen LogP contribution < -0.4 is 5.32 Å². The minimum absolute atomic E-state index is 0.0930. The number of aliphatic hydroxyl groups excluding tert-OH is 1. The van der Waals surface area contributed by atoms with E-state index in [-0.39, 0.29) is 12.3 Å². The number of aliphatic hydroxyl groups is 2. The van der Waals surface area contributed by atoms with Crippen LogP contribution in [-0.4, -0.2) is 28.2 Å². The molecule has 0 atom stereocenters. The normalized spacial score (nSPS) is 10.9. The van der Waals surface area contributed by atoms with Crippen LogP contribution in [0.4, 0.5) is 0 Å². The minimum atomic E-state index is -1.36. The van der Waals surface area contributed by atoms with Gasteiger partial charge in [0.2, 0.25) is 0 Å². The van der Waals surface area contributed by atoms with Gasteiger partial charge in [-0.05, 0) is 18.1 Å². The van der Waals surface area contributed by atoms with Gasteiger partial charge in [0.05, 0.1) is 0 Å². The van der Waals surface area contributed by atoms with Crippen LogP contribution in [0.2, 0.25) is 0 Å². The number of phenols is 1. The van der Waals surface area contributed by atoms with E-state index in [4.69, 9.17) is 10.2 Å². The molecule has 0 aromatic heterocycles. The van der Waals surface area contributed by atoms with Crippen LogP contribution in [-0.2, 0) is 13.0 Å². The Balaban J connectivity index is 2.59. The van der Waals surface area contributed by atoms with Crippen molar-refractivity contribution in [3.05, 3.63) is 29.3 Å². The highest BCUT2D eigenvalue weighted by molar-refractivity contribution is 5.36. The molecule has 0 aliphatic carbocycles. The summed E-state index contributed by atoms with van der Waals surface area (Å²) in [6.45, 7) is 2.56. The first kappa shape index (κ1) is 12.0. The first-order valence-electron chi connectivity index (χ1n) is 5.01. The van der Waals surface area contributed by atoms with Gasteiger partial charge in [0.15, 0.2) is 6.29 Å². The minimum Gasteiger partial charge on any atom is -0.508 e. The summed E-state index contributed by atoms with van der Waals surface area (Å²) >= 11 is 0. The van der Waals surface area contributed by atoms with Gasteiger partial charge in [0, 0.05) is 18.7 Å². The molecule has 0 saturated carbocycles. The Morgan fingerprint density at radius 1 is 1.33 bits per heavy atom. The van der Waals surface area contributed by atoms with Gasteiger partial charge in [-0.15, -0.1) is 0 Å². The second-order valence-electron chi connectivity index (χ2n) is 3.43. The number of aryl methyl sites for hydroxylation is 1. The van der Waals surface area contributed by atoms with Crippen molar-refractivity contribution in [1.29, 1.82) is 0 Å². The lowest BCUT2D eigenvalue weighted by molar-refractivity contribution is -0.0374. The Morgan fingerprint density at radius 3 is 2.67 bits per heavy atom. The Kier molecular flexibility index (Phi) is 4.55. The first-order chi connectivity index (χ1) is 7.13. The van der Waals surface area contributed by atoms with Crippen LogP contribution in [0.3, 0.4) is 0 Å². The van der Waals surface area contributed by atoms with Gasteiger partial charge in [-0.1, -0.05) is 19.1 Å². The van der Waals surface area contributed by atoms with E-state index >= 15 is 0 Å². The maximum atomic E-state index is 9.53. The molecule has 84 valence electrons. The highest BCUT2D eigenvalue weighted by atomic mass is 16.5. The zero-order valence-electron chi connectivity index (χ0n) is 8.77. The van der Waals surface area contributed by atoms with Crippen LogP contribution in [0, 0.1) is 0 Å². The first-order valence-corrected chi connectivity index (χ1v) is 5.01. The Labute approximate surface area is 89.2 Å². The number of rotatable bonds is 5. The van der Waals surface area contributed by atoms with Crippen molar-refractivity contribution in [3.8, 4) is 5.75 Å². The molecular formula is C11H17NO3. The second-order valence-corrected chi connectivity index (χ2v) is 3.43. The molecule has 4 nitrogen and oxygen atoms in total. The van der Waals surface area contributed by atoms with Gasteiger partial charge in [-0.25, -0.2) is 0 Å². The van der Waals surface area contributed by atoms with Crippen molar-refractivity contribution in [3.63, 3.8) is 0 Å². The van der Waals surface area contributed by atoms with Gasteiger partial charge in [0.25, 0.3) is 0 Å². The fourth-order valence-electron chi connectivity index (χ4n) is 1.34. The third-order valence-electron chi connectivity index (χ3n) is 2.19. The molecule has 4 heteroatoms. The lowest BCUT2D eigenvalue weighted by Gasteiger charge is -2.09. The molecule has 0 aliphatic rings. The van der Waals surface area contributed by atoms with Gasteiger partial charge in [-0.3, -0.25) is 0 Å². The van der Waals surface area contributed by atoms with Crippen LogP contribution in [0.25, 0.3) is 0 Å². The van der Waals surface area contributed by atoms with E-state index in [1.807, 2.05) is 19.1 Å². The Morgan fingerprint density at radius 2 is 2.07 bits per heavy atom. The number of aromatic hydroxyl groups is 1. The van der Waals surface area contributed by atoms with Crippen LogP contribution in [0.5, 0.6) is 5.75 Å². The molecule has 0 bridgehead atoms. The van der Waals surface area contributed by atoms with E-state index in [1.54, 1.807) is 6.07 Å². The van der Waals surface area contributed by atoms with Crippen LogP contribution in [0.15, 0.2) is 18.2 Å². The van der Waals surface area contributed by atoms with Crippen molar-refractivity contribution in [2.75, 3.05) is 6.54 Å². The van der Waals surface area contributed by atoms with Crippen LogP contribution in [0.1, 0.15) is 18.1 Å². The zero-order chi connectivity index (χ0) is 11.3. The van der Waals surface area contributed by atoms with E-state index in [9.17, 15) is 5.11 Å². The summed E-state index contributed by atoms with van der Waals surface area (Å²) in [6, 6.07) is 5.44. The maximum absolute atomic E-state index is 9.53. The fourth-order valence-corrected chi connectivity index (χ4v) is 1.34. The van der Waals surface area contributed by atoms with E-state index < -0.39 is 6.29 Å². The molecule has 0 aliphatic heterocycles. The van der Waals surface area contributed by atoms with Crippen molar-refractivity contribution in [2.45, 2.75) is 26.2 Å². The molecule has 0 amide bonds. The number of hydrogen-bond acceptors (Lipinski definition) is 4. The summed E-state index contributed by atoms with van der Waals surface area (Å²) in [4.78, 5) is 0. The topological polar surface area (TPSA) is 72.7 Å². The molecule has 1 aromatic carbocycles. The summed E-state index contributed by atoms with van der Waals surface area (Å²) in [5.74, 6) is 0.229.